The Morgan fingerprint density at radius 1 is 0.933 bits per heavy atom. The summed E-state index contributed by atoms with van der Waals surface area (Å²) in [6.45, 7) is 0.686. The summed E-state index contributed by atoms with van der Waals surface area (Å²) in [6.07, 6.45) is 4.11. The third-order valence-corrected chi connectivity index (χ3v) is 7.60. The molecule has 0 aliphatic carbocycles. The smallest absolute Gasteiger partial charge is 0.252 e. The molecule has 1 amide bonds. The quantitative estimate of drug-likeness (QED) is 0.167. The zero-order chi connectivity index (χ0) is 31.5. The van der Waals surface area contributed by atoms with Crippen molar-refractivity contribution >= 4 is 17.9 Å². The average molecular weight is 607 g/mol. The van der Waals surface area contributed by atoms with E-state index in [1.807, 2.05) is 115 Å². The minimum absolute atomic E-state index is 0.0665. The van der Waals surface area contributed by atoms with E-state index in [-0.39, 0.29) is 25.5 Å². The number of nitrogens with zero attached hydrogens (tertiary/aromatic N) is 1. The van der Waals surface area contributed by atoms with E-state index in [1.165, 1.54) is 0 Å². The molecule has 2 atom stereocenters. The molecule has 8 nitrogen and oxygen atoms in total. The number of carbonyl (C=O) groups is 1. The molecule has 8 heteroatoms. The molecule has 232 valence electrons. The van der Waals surface area contributed by atoms with Gasteiger partial charge in [-0.15, -0.1) is 0 Å². The second-order valence-corrected chi connectivity index (χ2v) is 10.6. The van der Waals surface area contributed by atoms with Crippen LogP contribution in [0.1, 0.15) is 41.2 Å². The number of amides is 1. The van der Waals surface area contributed by atoms with Crippen molar-refractivity contribution in [3.05, 3.63) is 131 Å². The van der Waals surface area contributed by atoms with E-state index in [4.69, 9.17) is 29.0 Å². The molecular formula is C37H38N2O6. The maximum Gasteiger partial charge on any atom is 0.252 e. The summed E-state index contributed by atoms with van der Waals surface area (Å²) < 4.78 is 23.4. The number of para-hydroxylation sites is 1. The van der Waals surface area contributed by atoms with E-state index in [1.54, 1.807) is 14.2 Å². The van der Waals surface area contributed by atoms with Gasteiger partial charge in [0.05, 0.1) is 20.8 Å². The summed E-state index contributed by atoms with van der Waals surface area (Å²) in [5.41, 5.74) is 2.04. The van der Waals surface area contributed by atoms with Crippen LogP contribution >= 0.6 is 0 Å². The van der Waals surface area contributed by atoms with Gasteiger partial charge in [0.25, 0.3) is 5.91 Å². The van der Waals surface area contributed by atoms with E-state index in [0.29, 0.717) is 36.2 Å². The molecule has 0 radical (unpaired) electrons. The topological polar surface area (TPSA) is 98.6 Å². The molecule has 0 unspecified atom stereocenters. The van der Waals surface area contributed by atoms with Crippen molar-refractivity contribution < 1.29 is 28.8 Å². The molecule has 4 aromatic rings. The van der Waals surface area contributed by atoms with Crippen LogP contribution in [0.15, 0.2) is 114 Å². The molecule has 0 spiro atoms. The third-order valence-electron chi connectivity index (χ3n) is 7.60. The van der Waals surface area contributed by atoms with Crippen molar-refractivity contribution in [2.75, 3.05) is 27.4 Å². The van der Waals surface area contributed by atoms with E-state index in [9.17, 15) is 4.79 Å². The summed E-state index contributed by atoms with van der Waals surface area (Å²) in [4.78, 5) is 19.5. The summed E-state index contributed by atoms with van der Waals surface area (Å²) in [6, 6.07) is 32.6. The maximum atomic E-state index is 14.5. The zero-order valence-electron chi connectivity index (χ0n) is 25.5. The van der Waals surface area contributed by atoms with Crippen molar-refractivity contribution in [1.82, 2.24) is 5.32 Å². The van der Waals surface area contributed by atoms with Gasteiger partial charge in [-0.25, -0.2) is 4.99 Å². The summed E-state index contributed by atoms with van der Waals surface area (Å²) >= 11 is 0. The molecule has 0 aromatic heterocycles. The number of rotatable bonds is 14. The first kappa shape index (κ1) is 31.3. The summed E-state index contributed by atoms with van der Waals surface area (Å²) in [5, 5.41) is 12.2. The Labute approximate surface area is 264 Å². The van der Waals surface area contributed by atoms with Crippen molar-refractivity contribution in [2.24, 2.45) is 4.99 Å². The van der Waals surface area contributed by atoms with Crippen LogP contribution in [0.3, 0.4) is 0 Å². The molecule has 5 rings (SSSR count). The first-order chi connectivity index (χ1) is 22.1. The number of nitrogens with one attached hydrogen (secondary N) is 1. The molecule has 0 fully saturated rings. The first-order valence-electron chi connectivity index (χ1n) is 14.9. The Kier molecular flexibility index (Phi) is 10.5. The van der Waals surface area contributed by atoms with Crippen LogP contribution in [0.5, 0.6) is 17.2 Å². The number of hydrogen-bond donors (Lipinski definition) is 2. The number of carbonyl (C=O) groups excluding carboxylic acids is 1. The Morgan fingerprint density at radius 3 is 2.36 bits per heavy atom. The molecule has 1 aliphatic heterocycles. The molecule has 0 saturated heterocycles. The monoisotopic (exact) mass is 606 g/mol. The molecule has 0 saturated carbocycles. The molecule has 4 aromatic carbocycles. The summed E-state index contributed by atoms with van der Waals surface area (Å²) in [5.74, 6) is 1.91. The fraction of sp³-hybridized carbons (Fsp3) is 0.243. The Balaban J connectivity index is 1.52. The van der Waals surface area contributed by atoms with Crippen LogP contribution in [0, 0.1) is 0 Å². The number of methoxy groups -OCH3 is 2. The van der Waals surface area contributed by atoms with Crippen LogP contribution in [0.4, 0.5) is 0 Å². The highest BCUT2D eigenvalue weighted by molar-refractivity contribution is 6.01. The van der Waals surface area contributed by atoms with Crippen molar-refractivity contribution in [1.29, 1.82) is 0 Å². The third kappa shape index (κ3) is 7.36. The number of aliphatic hydroxyl groups excluding tert-OH is 1. The highest BCUT2D eigenvalue weighted by Crippen LogP contribution is 2.43. The Hall–Kier alpha value is -5.08. The Bertz CT molecular complexity index is 1610. The lowest BCUT2D eigenvalue weighted by atomic mass is 9.84. The highest BCUT2D eigenvalue weighted by Gasteiger charge is 2.52. The minimum atomic E-state index is -1.32. The standard InChI is InChI=1S/C37H38N2O6/c1-42-32-18-9-17-30(33(32)43-2)26-38-36(41)37(23-10-14-27-12-5-3-6-13-27)34(28-15-7-4-8-16-28)45-35(39-37)29-19-21-31(22-20-29)44-25-11-24-40/h3-10,12-22,34,40H,11,23-26H2,1-2H3,(H,38,41)/b14-10+/t34-,37-/m1/s1. The van der Waals surface area contributed by atoms with Gasteiger partial charge in [-0.3, -0.25) is 4.79 Å². The van der Waals surface area contributed by atoms with Gasteiger partial charge in [0, 0.05) is 37.1 Å². The van der Waals surface area contributed by atoms with Gasteiger partial charge in [0.1, 0.15) is 5.75 Å². The fourth-order valence-corrected chi connectivity index (χ4v) is 5.30. The van der Waals surface area contributed by atoms with Crippen LogP contribution < -0.4 is 19.5 Å². The van der Waals surface area contributed by atoms with Gasteiger partial charge in [-0.05, 0) is 41.5 Å². The lowest BCUT2D eigenvalue weighted by molar-refractivity contribution is -0.129. The average Bonchev–Trinajstić information content (AvgIpc) is 3.49. The van der Waals surface area contributed by atoms with E-state index in [2.05, 4.69) is 5.32 Å². The fourth-order valence-electron chi connectivity index (χ4n) is 5.30. The van der Waals surface area contributed by atoms with Gasteiger partial charge in [0.15, 0.2) is 23.1 Å². The zero-order valence-corrected chi connectivity index (χ0v) is 25.5. The lowest BCUT2D eigenvalue weighted by Gasteiger charge is -2.30. The van der Waals surface area contributed by atoms with Gasteiger partial charge < -0.3 is 29.4 Å². The molecule has 1 aliphatic rings. The van der Waals surface area contributed by atoms with E-state index in [0.717, 1.165) is 22.3 Å². The molecular weight excluding hydrogens is 568 g/mol. The van der Waals surface area contributed by atoms with Crippen LogP contribution in [-0.2, 0) is 16.1 Å². The second kappa shape index (κ2) is 15.1. The van der Waals surface area contributed by atoms with Crippen molar-refractivity contribution in [3.63, 3.8) is 0 Å². The predicted molar refractivity (Wildman–Crippen MR) is 175 cm³/mol. The molecule has 2 N–H and O–H groups in total. The van der Waals surface area contributed by atoms with Crippen LogP contribution in [0.25, 0.3) is 6.08 Å². The minimum Gasteiger partial charge on any atom is -0.494 e. The second-order valence-electron chi connectivity index (χ2n) is 10.6. The normalized spacial score (nSPS) is 17.4. The van der Waals surface area contributed by atoms with Crippen LogP contribution in [0.2, 0.25) is 0 Å². The number of ether oxygens (including phenoxy) is 4. The first-order valence-corrected chi connectivity index (χ1v) is 14.9. The van der Waals surface area contributed by atoms with E-state index >= 15 is 0 Å². The van der Waals surface area contributed by atoms with Gasteiger partial charge in [-0.1, -0.05) is 84.9 Å². The predicted octanol–water partition coefficient (Wildman–Crippen LogP) is 6.14. The SMILES string of the molecule is COc1cccc(CNC(=O)[C@]2(C/C=C/c3ccccc3)N=C(c3ccc(OCCCO)cc3)O[C@@H]2c2ccccc2)c1OC. The van der Waals surface area contributed by atoms with Gasteiger partial charge >= 0.3 is 0 Å². The lowest BCUT2D eigenvalue weighted by Crippen LogP contribution is -2.47. The highest BCUT2D eigenvalue weighted by atomic mass is 16.5. The van der Waals surface area contributed by atoms with Gasteiger partial charge in [0.2, 0.25) is 5.90 Å². The number of aliphatic hydroxyl groups is 1. The largest absolute Gasteiger partial charge is 0.494 e. The molecule has 45 heavy (non-hydrogen) atoms. The molecule has 0 bridgehead atoms. The molecule has 1 heterocycles. The van der Waals surface area contributed by atoms with Crippen LogP contribution in [-0.4, -0.2) is 49.9 Å². The van der Waals surface area contributed by atoms with E-state index < -0.39 is 11.6 Å². The van der Waals surface area contributed by atoms with Gasteiger partial charge in [-0.2, -0.15) is 0 Å². The number of hydrogen-bond acceptors (Lipinski definition) is 7. The number of aliphatic imine (C=N–C) groups is 1. The van der Waals surface area contributed by atoms with Crippen molar-refractivity contribution in [3.8, 4) is 17.2 Å². The summed E-state index contributed by atoms with van der Waals surface area (Å²) in [7, 11) is 3.16. The van der Waals surface area contributed by atoms with Crippen molar-refractivity contribution in [2.45, 2.75) is 31.0 Å². The number of benzene rings is 4. The Morgan fingerprint density at radius 2 is 1.67 bits per heavy atom. The maximum absolute atomic E-state index is 14.5.